The van der Waals surface area contributed by atoms with Crippen LogP contribution in [-0.4, -0.2) is 24.9 Å². The van der Waals surface area contributed by atoms with Gasteiger partial charge in [-0.2, -0.15) is 0 Å². The lowest BCUT2D eigenvalue weighted by Gasteiger charge is -2.33. The average molecular weight is 380 g/mol. The molecule has 2 aliphatic rings. The fourth-order valence-electron chi connectivity index (χ4n) is 3.71. The van der Waals surface area contributed by atoms with E-state index in [0.29, 0.717) is 12.2 Å². The summed E-state index contributed by atoms with van der Waals surface area (Å²) in [7, 11) is 0. The lowest BCUT2D eigenvalue weighted by Crippen LogP contribution is -2.41. The lowest BCUT2D eigenvalue weighted by molar-refractivity contribution is -0.122. The van der Waals surface area contributed by atoms with E-state index in [1.165, 1.54) is 12.3 Å². The van der Waals surface area contributed by atoms with Crippen LogP contribution < -0.4 is 21.3 Å². The standard InChI is InChI=1S/C21H21FN4O2/c22-17-4-1-5-18-19(17)16(21(28)25-18)11-24-14-6-8-15(9-7-14)26-10-2-3-13(12-26)20(23)27/h1,4-9,11,13,24H,2-3,10,12H2,(H2,23,27)(H,25,28). The topological polar surface area (TPSA) is 87.5 Å². The molecule has 1 fully saturated rings. The number of nitrogens with two attached hydrogens (primary N) is 1. The highest BCUT2D eigenvalue weighted by Crippen LogP contribution is 2.33. The summed E-state index contributed by atoms with van der Waals surface area (Å²) in [5, 5.41) is 5.72. The van der Waals surface area contributed by atoms with Crippen molar-refractivity contribution in [2.24, 2.45) is 11.7 Å². The van der Waals surface area contributed by atoms with Crippen LogP contribution in [0.5, 0.6) is 0 Å². The van der Waals surface area contributed by atoms with Crippen LogP contribution in [0.15, 0.2) is 48.7 Å². The number of rotatable bonds is 4. The zero-order valence-corrected chi connectivity index (χ0v) is 15.2. The Morgan fingerprint density at radius 1 is 1.25 bits per heavy atom. The number of hydrogen-bond donors (Lipinski definition) is 3. The minimum Gasteiger partial charge on any atom is -0.371 e. The number of carbonyl (C=O) groups excluding carboxylic acids is 2. The van der Waals surface area contributed by atoms with Gasteiger partial charge >= 0.3 is 0 Å². The van der Waals surface area contributed by atoms with Crippen LogP contribution in [0, 0.1) is 11.7 Å². The van der Waals surface area contributed by atoms with Gasteiger partial charge in [-0.25, -0.2) is 4.39 Å². The number of anilines is 3. The third-order valence-electron chi connectivity index (χ3n) is 5.22. The van der Waals surface area contributed by atoms with Crippen molar-refractivity contribution in [2.75, 3.05) is 28.6 Å². The molecular weight excluding hydrogens is 359 g/mol. The molecule has 6 nitrogen and oxygen atoms in total. The molecule has 0 bridgehead atoms. The number of carbonyl (C=O) groups is 2. The summed E-state index contributed by atoms with van der Waals surface area (Å²) < 4.78 is 14.1. The molecule has 2 aromatic carbocycles. The first-order chi connectivity index (χ1) is 13.5. The molecule has 2 aliphatic heterocycles. The molecule has 144 valence electrons. The number of nitrogens with one attached hydrogen (secondary N) is 2. The van der Waals surface area contributed by atoms with Crippen LogP contribution >= 0.6 is 0 Å². The second-order valence-corrected chi connectivity index (χ2v) is 7.05. The molecule has 4 rings (SSSR count). The largest absolute Gasteiger partial charge is 0.371 e. The Labute approximate surface area is 162 Å². The van der Waals surface area contributed by atoms with Crippen LogP contribution in [-0.2, 0) is 9.59 Å². The maximum absolute atomic E-state index is 14.1. The Hall–Kier alpha value is -3.35. The van der Waals surface area contributed by atoms with E-state index < -0.39 is 5.82 Å². The molecular formula is C21H21FN4O2. The average Bonchev–Trinajstić information content (AvgIpc) is 3.03. The van der Waals surface area contributed by atoms with E-state index in [-0.39, 0.29) is 28.9 Å². The van der Waals surface area contributed by atoms with Gasteiger partial charge in [0.15, 0.2) is 0 Å². The molecule has 0 radical (unpaired) electrons. The van der Waals surface area contributed by atoms with Crippen LogP contribution in [0.2, 0.25) is 0 Å². The van der Waals surface area contributed by atoms with E-state index in [1.807, 2.05) is 24.3 Å². The zero-order chi connectivity index (χ0) is 19.7. The highest BCUT2D eigenvalue weighted by Gasteiger charge is 2.27. The zero-order valence-electron chi connectivity index (χ0n) is 15.2. The van der Waals surface area contributed by atoms with Gasteiger partial charge in [0, 0.05) is 36.2 Å². The molecule has 2 heterocycles. The van der Waals surface area contributed by atoms with Crippen molar-refractivity contribution >= 4 is 34.4 Å². The van der Waals surface area contributed by atoms with E-state index in [0.717, 1.165) is 30.8 Å². The number of primary amides is 1. The van der Waals surface area contributed by atoms with Gasteiger partial charge in [0.1, 0.15) is 5.82 Å². The first-order valence-corrected chi connectivity index (χ1v) is 9.24. The van der Waals surface area contributed by atoms with Crippen LogP contribution in [0.4, 0.5) is 21.5 Å². The predicted molar refractivity (Wildman–Crippen MR) is 107 cm³/mol. The fraction of sp³-hybridized carbons (Fsp3) is 0.238. The Morgan fingerprint density at radius 3 is 2.79 bits per heavy atom. The molecule has 2 amide bonds. The monoisotopic (exact) mass is 380 g/mol. The molecule has 2 aromatic rings. The van der Waals surface area contributed by atoms with Gasteiger partial charge in [0.2, 0.25) is 5.91 Å². The number of amides is 2. The highest BCUT2D eigenvalue weighted by molar-refractivity contribution is 6.31. The maximum atomic E-state index is 14.1. The van der Waals surface area contributed by atoms with Crippen LogP contribution in [0.1, 0.15) is 18.4 Å². The van der Waals surface area contributed by atoms with Crippen molar-refractivity contribution in [1.29, 1.82) is 0 Å². The minimum absolute atomic E-state index is 0.118. The molecule has 1 saturated heterocycles. The normalized spacial score (nSPS) is 20.0. The summed E-state index contributed by atoms with van der Waals surface area (Å²) in [4.78, 5) is 25.7. The van der Waals surface area contributed by atoms with Gasteiger partial charge in [0.05, 0.1) is 17.2 Å². The van der Waals surface area contributed by atoms with E-state index in [1.54, 1.807) is 12.1 Å². The molecule has 4 N–H and O–H groups in total. The Bertz CT molecular complexity index is 955. The second-order valence-electron chi connectivity index (χ2n) is 7.05. The van der Waals surface area contributed by atoms with Gasteiger partial charge in [-0.3, -0.25) is 9.59 Å². The minimum atomic E-state index is -0.437. The van der Waals surface area contributed by atoms with Crippen molar-refractivity contribution in [3.8, 4) is 0 Å². The number of piperidine rings is 1. The SMILES string of the molecule is NC(=O)C1CCCN(c2ccc(NC=C3C(=O)Nc4cccc(F)c43)cc2)C1. The van der Waals surface area contributed by atoms with Crippen molar-refractivity contribution < 1.29 is 14.0 Å². The van der Waals surface area contributed by atoms with Crippen molar-refractivity contribution in [1.82, 2.24) is 0 Å². The summed E-state index contributed by atoms with van der Waals surface area (Å²) in [5.41, 5.74) is 8.25. The maximum Gasteiger partial charge on any atom is 0.257 e. The second kappa shape index (κ2) is 7.34. The van der Waals surface area contributed by atoms with Gasteiger partial charge < -0.3 is 21.3 Å². The van der Waals surface area contributed by atoms with Gasteiger partial charge in [-0.1, -0.05) is 6.07 Å². The van der Waals surface area contributed by atoms with Gasteiger partial charge in [-0.15, -0.1) is 0 Å². The number of nitrogens with zero attached hydrogens (tertiary/aromatic N) is 1. The van der Waals surface area contributed by atoms with Crippen LogP contribution in [0.25, 0.3) is 5.57 Å². The molecule has 28 heavy (non-hydrogen) atoms. The summed E-state index contributed by atoms with van der Waals surface area (Å²) in [6, 6.07) is 12.2. The Kier molecular flexibility index (Phi) is 4.73. The van der Waals surface area contributed by atoms with Crippen molar-refractivity contribution in [3.63, 3.8) is 0 Å². The van der Waals surface area contributed by atoms with Crippen LogP contribution in [0.3, 0.4) is 0 Å². The van der Waals surface area contributed by atoms with E-state index >= 15 is 0 Å². The Balaban J connectivity index is 1.48. The van der Waals surface area contributed by atoms with Crippen molar-refractivity contribution in [3.05, 3.63) is 60.0 Å². The molecule has 0 spiro atoms. The first-order valence-electron chi connectivity index (χ1n) is 9.24. The number of halogens is 1. The first kappa shape index (κ1) is 18.0. The van der Waals surface area contributed by atoms with E-state index in [9.17, 15) is 14.0 Å². The molecule has 1 unspecified atom stereocenters. The highest BCUT2D eigenvalue weighted by atomic mass is 19.1. The summed E-state index contributed by atoms with van der Waals surface area (Å²) in [6.45, 7) is 1.51. The lowest BCUT2D eigenvalue weighted by atomic mass is 9.97. The third-order valence-corrected chi connectivity index (χ3v) is 5.22. The molecule has 1 atom stereocenters. The van der Waals surface area contributed by atoms with Gasteiger partial charge in [0.25, 0.3) is 5.91 Å². The molecule has 0 aliphatic carbocycles. The number of fused-ring (bicyclic) bond motifs is 1. The quantitative estimate of drug-likeness (QED) is 0.712. The fourth-order valence-corrected chi connectivity index (χ4v) is 3.71. The molecule has 0 saturated carbocycles. The van der Waals surface area contributed by atoms with Crippen molar-refractivity contribution in [2.45, 2.75) is 12.8 Å². The smallest absolute Gasteiger partial charge is 0.257 e. The van der Waals surface area contributed by atoms with E-state index in [2.05, 4.69) is 15.5 Å². The summed E-state index contributed by atoms with van der Waals surface area (Å²) in [5.74, 6) is -1.15. The summed E-state index contributed by atoms with van der Waals surface area (Å²) in [6.07, 6.45) is 3.28. The third kappa shape index (κ3) is 3.43. The predicted octanol–water partition coefficient (Wildman–Crippen LogP) is 2.93. The van der Waals surface area contributed by atoms with E-state index in [4.69, 9.17) is 5.73 Å². The summed E-state index contributed by atoms with van der Waals surface area (Å²) >= 11 is 0. The van der Waals surface area contributed by atoms with Gasteiger partial charge in [-0.05, 0) is 49.2 Å². The number of benzene rings is 2. The number of hydrogen-bond acceptors (Lipinski definition) is 4. The Morgan fingerprint density at radius 2 is 2.04 bits per heavy atom. The molecule has 7 heteroatoms. The molecule has 0 aromatic heterocycles.